The van der Waals surface area contributed by atoms with Gasteiger partial charge in [-0.1, -0.05) is 73.7 Å². The van der Waals surface area contributed by atoms with Gasteiger partial charge in [-0.2, -0.15) is 0 Å². The van der Waals surface area contributed by atoms with E-state index in [9.17, 15) is 14.7 Å². The van der Waals surface area contributed by atoms with Crippen molar-refractivity contribution in [2.24, 2.45) is 0 Å². The number of likely N-dealkylation sites (N-methyl/N-ethyl adjacent to an activating group) is 1. The van der Waals surface area contributed by atoms with Gasteiger partial charge in [0.15, 0.2) is 23.4 Å². The summed E-state index contributed by atoms with van der Waals surface area (Å²) in [5, 5.41) is 11.7. The Labute approximate surface area is 273 Å². The Balaban J connectivity index is 0.000000162. The molecular formula is C39H48N2O5. The summed E-state index contributed by atoms with van der Waals surface area (Å²) in [7, 11) is 7.84. The molecule has 1 N–H and O–H groups in total. The zero-order chi connectivity index (χ0) is 32.9. The molecule has 1 spiro atoms. The number of aliphatic hydroxyl groups is 1. The third-order valence-corrected chi connectivity index (χ3v) is 11.5. The number of piperidine rings is 1. The lowest BCUT2D eigenvalue weighted by Crippen LogP contribution is -2.76. The standard InChI is InChI=1S/C21H27NO.C18H21NO4/c1-5-20(23)21(16-17(2)22(3)4,18-12-8-6-9-13-18)19-14-10-7-11-15-19;1-19-8-7-17-14-10-3-4-12(22-2)15(14)23-16(17)11(20)5-6-18(17,21)13(19)9-10/h6-15,17H,5,16H2,1-4H3;3-4,13,16,21H,5-9H2,1-2H3/t;13-,16+,17+,18-/m.1/s1. The van der Waals surface area contributed by atoms with Crippen molar-refractivity contribution in [2.45, 2.75) is 87.0 Å². The van der Waals surface area contributed by atoms with E-state index < -0.39 is 22.5 Å². The van der Waals surface area contributed by atoms with Crippen molar-refractivity contribution in [1.29, 1.82) is 0 Å². The number of hydrogen-bond donors (Lipinski definition) is 1. The van der Waals surface area contributed by atoms with E-state index in [2.05, 4.69) is 68.2 Å². The van der Waals surface area contributed by atoms with Crippen molar-refractivity contribution in [3.8, 4) is 11.5 Å². The van der Waals surface area contributed by atoms with Crippen LogP contribution in [0.5, 0.6) is 11.5 Å². The Kier molecular flexibility index (Phi) is 8.64. The van der Waals surface area contributed by atoms with Gasteiger partial charge in [0.2, 0.25) is 0 Å². The van der Waals surface area contributed by atoms with Crippen LogP contribution in [0, 0.1) is 0 Å². The van der Waals surface area contributed by atoms with Gasteiger partial charge in [0.05, 0.1) is 23.5 Å². The van der Waals surface area contributed by atoms with Gasteiger partial charge in [0.25, 0.3) is 0 Å². The summed E-state index contributed by atoms with van der Waals surface area (Å²) in [6.07, 6.45) is 3.20. The van der Waals surface area contributed by atoms with Crippen molar-refractivity contribution in [2.75, 3.05) is 34.8 Å². The van der Waals surface area contributed by atoms with E-state index >= 15 is 0 Å². The molecule has 2 fully saturated rings. The maximum absolute atomic E-state index is 13.2. The highest BCUT2D eigenvalue weighted by Gasteiger charge is 2.72. The third kappa shape index (κ3) is 4.73. The maximum atomic E-state index is 13.2. The van der Waals surface area contributed by atoms with Crippen LogP contribution in [0.25, 0.3) is 0 Å². The summed E-state index contributed by atoms with van der Waals surface area (Å²) < 4.78 is 11.6. The number of hydrogen-bond acceptors (Lipinski definition) is 7. The minimum atomic E-state index is -0.900. The van der Waals surface area contributed by atoms with Gasteiger partial charge >= 0.3 is 0 Å². The summed E-state index contributed by atoms with van der Waals surface area (Å²) in [6.45, 7) is 5.02. The number of ether oxygens (including phenoxy) is 2. The molecule has 7 rings (SSSR count). The molecule has 1 saturated heterocycles. The molecule has 7 nitrogen and oxygen atoms in total. The van der Waals surface area contributed by atoms with Crippen LogP contribution in [-0.2, 0) is 26.8 Å². The van der Waals surface area contributed by atoms with Crippen molar-refractivity contribution in [3.05, 3.63) is 95.1 Å². The second-order valence-corrected chi connectivity index (χ2v) is 13.9. The molecule has 0 radical (unpaired) electrons. The predicted octanol–water partition coefficient (Wildman–Crippen LogP) is 5.34. The summed E-state index contributed by atoms with van der Waals surface area (Å²) >= 11 is 0. The second kappa shape index (κ2) is 12.3. The first kappa shape index (κ1) is 32.4. The normalized spacial score (nSPS) is 26.8. The van der Waals surface area contributed by atoms with E-state index in [0.29, 0.717) is 36.8 Å². The molecule has 2 heterocycles. The van der Waals surface area contributed by atoms with Crippen LogP contribution in [-0.4, -0.2) is 85.1 Å². The number of methoxy groups -OCH3 is 1. The van der Waals surface area contributed by atoms with Crippen LogP contribution in [0.4, 0.5) is 0 Å². The number of rotatable bonds is 8. The van der Waals surface area contributed by atoms with Gasteiger partial charge in [0.1, 0.15) is 5.78 Å². The van der Waals surface area contributed by atoms with Gasteiger partial charge in [-0.05, 0) is 83.1 Å². The van der Waals surface area contributed by atoms with Crippen LogP contribution in [0.15, 0.2) is 72.8 Å². The van der Waals surface area contributed by atoms with E-state index in [1.54, 1.807) is 7.11 Å². The Hall–Kier alpha value is -3.52. The zero-order valence-electron chi connectivity index (χ0n) is 28.1. The fourth-order valence-electron chi connectivity index (χ4n) is 8.90. The van der Waals surface area contributed by atoms with Gasteiger partial charge < -0.3 is 24.4 Å². The number of carbonyl (C=O) groups is 2. The average Bonchev–Trinajstić information content (AvgIpc) is 3.44. The molecule has 2 aliphatic heterocycles. The van der Waals surface area contributed by atoms with Crippen molar-refractivity contribution < 1.29 is 24.2 Å². The lowest BCUT2D eigenvalue weighted by Gasteiger charge is -2.62. The number of ketones is 2. The largest absolute Gasteiger partial charge is 0.493 e. The molecule has 4 aliphatic rings. The quantitative estimate of drug-likeness (QED) is 0.363. The van der Waals surface area contributed by atoms with Crippen LogP contribution in [0.1, 0.15) is 68.2 Å². The number of benzene rings is 3. The Morgan fingerprint density at radius 2 is 1.70 bits per heavy atom. The van der Waals surface area contributed by atoms with E-state index in [1.165, 1.54) is 5.56 Å². The molecule has 2 bridgehead atoms. The summed E-state index contributed by atoms with van der Waals surface area (Å²) in [5.74, 6) is 1.75. The monoisotopic (exact) mass is 624 g/mol. The number of likely N-dealkylation sites (tertiary alicyclic amines) is 1. The first-order valence-electron chi connectivity index (χ1n) is 16.7. The third-order valence-electron chi connectivity index (χ3n) is 11.5. The van der Waals surface area contributed by atoms with Crippen molar-refractivity contribution >= 4 is 11.6 Å². The minimum Gasteiger partial charge on any atom is -0.493 e. The van der Waals surface area contributed by atoms with Gasteiger partial charge in [-0.3, -0.25) is 9.59 Å². The van der Waals surface area contributed by atoms with Crippen LogP contribution in [0.3, 0.4) is 0 Å². The van der Waals surface area contributed by atoms with Crippen LogP contribution < -0.4 is 9.47 Å². The van der Waals surface area contributed by atoms with Gasteiger partial charge in [-0.15, -0.1) is 0 Å². The Bertz CT molecular complexity index is 1550. The molecule has 2 aliphatic carbocycles. The lowest BCUT2D eigenvalue weighted by atomic mass is 9.49. The first-order valence-corrected chi connectivity index (χ1v) is 16.7. The van der Waals surface area contributed by atoms with Gasteiger partial charge in [0, 0.05) is 30.5 Å². The highest BCUT2D eigenvalue weighted by Crippen LogP contribution is 2.64. The summed E-state index contributed by atoms with van der Waals surface area (Å²) in [6, 6.07) is 24.8. The molecule has 0 aromatic heterocycles. The topological polar surface area (TPSA) is 79.3 Å². The molecule has 0 amide bonds. The maximum Gasteiger partial charge on any atom is 0.174 e. The molecule has 7 heteroatoms. The van der Waals surface area contributed by atoms with E-state index in [1.807, 2.05) is 49.4 Å². The smallest absolute Gasteiger partial charge is 0.174 e. The fourth-order valence-corrected chi connectivity index (χ4v) is 8.90. The summed E-state index contributed by atoms with van der Waals surface area (Å²) in [4.78, 5) is 30.3. The highest BCUT2D eigenvalue weighted by atomic mass is 16.5. The molecular weight excluding hydrogens is 576 g/mol. The van der Waals surface area contributed by atoms with Crippen molar-refractivity contribution in [1.82, 2.24) is 9.80 Å². The SMILES string of the molecule is CCC(=O)C(CC(C)N(C)C)(c1ccccc1)c1ccccc1.COc1ccc2c3c1O[C@H]1C(=O)CC[C@@]4(O)[C@@H](C2)N(C)CC[C@]314. The minimum absolute atomic E-state index is 0.0438. The molecule has 1 unspecified atom stereocenters. The fraction of sp³-hybridized carbons (Fsp3) is 0.487. The molecule has 3 aromatic carbocycles. The number of nitrogens with zero attached hydrogens (tertiary/aromatic N) is 2. The van der Waals surface area contributed by atoms with Crippen LogP contribution in [0.2, 0.25) is 0 Å². The summed E-state index contributed by atoms with van der Waals surface area (Å²) in [5.41, 5.74) is 2.33. The highest BCUT2D eigenvalue weighted by molar-refractivity contribution is 5.94. The molecule has 5 atom stereocenters. The molecule has 1 saturated carbocycles. The second-order valence-electron chi connectivity index (χ2n) is 13.9. The molecule has 46 heavy (non-hydrogen) atoms. The Morgan fingerprint density at radius 1 is 1.07 bits per heavy atom. The predicted molar refractivity (Wildman–Crippen MR) is 180 cm³/mol. The van der Waals surface area contributed by atoms with Crippen LogP contribution >= 0.6 is 0 Å². The molecule has 244 valence electrons. The Morgan fingerprint density at radius 3 is 2.26 bits per heavy atom. The van der Waals surface area contributed by atoms with Gasteiger partial charge in [-0.25, -0.2) is 0 Å². The van der Waals surface area contributed by atoms with E-state index in [4.69, 9.17) is 9.47 Å². The van der Waals surface area contributed by atoms with E-state index in [0.717, 1.165) is 42.5 Å². The lowest BCUT2D eigenvalue weighted by molar-refractivity contribution is -0.185. The number of carbonyl (C=O) groups excluding carboxylic acids is 2. The van der Waals surface area contributed by atoms with Crippen molar-refractivity contribution in [3.63, 3.8) is 0 Å². The number of Topliss-reactive ketones (excluding diaryl/α,β-unsaturated/α-hetero) is 2. The molecule has 3 aromatic rings. The zero-order valence-corrected chi connectivity index (χ0v) is 28.1. The first-order chi connectivity index (χ1) is 22.0. The van der Waals surface area contributed by atoms with E-state index in [-0.39, 0.29) is 17.6 Å². The average molecular weight is 625 g/mol.